The van der Waals surface area contributed by atoms with Gasteiger partial charge < -0.3 is 15.0 Å². The molecule has 0 spiro atoms. The maximum Gasteiger partial charge on any atom is 0.254 e. The monoisotopic (exact) mass is 321 g/mol. The molecule has 3 unspecified atom stereocenters. The van der Waals surface area contributed by atoms with E-state index in [2.05, 4.69) is 15.1 Å². The number of hydrogen-bond acceptors (Lipinski definition) is 4. The van der Waals surface area contributed by atoms with Crippen LogP contribution in [0.15, 0.2) is 0 Å². The summed E-state index contributed by atoms with van der Waals surface area (Å²) in [6, 6.07) is 0.807. The molecule has 2 heterocycles. The molecule has 3 atom stereocenters. The van der Waals surface area contributed by atoms with E-state index in [0.717, 1.165) is 70.0 Å². The fraction of sp³-hybridized carbons (Fsp3) is 0.944. The number of methoxy groups -OCH3 is 1. The van der Waals surface area contributed by atoms with Crippen LogP contribution in [0.2, 0.25) is 0 Å². The largest absolute Gasteiger partial charge is 0.368 e. The molecule has 0 aromatic heterocycles. The number of hydrogen-bond donors (Lipinski definition) is 1. The molecule has 0 radical (unpaired) electrons. The van der Waals surface area contributed by atoms with E-state index in [1.54, 1.807) is 7.11 Å². The van der Waals surface area contributed by atoms with E-state index in [-0.39, 0.29) is 5.91 Å². The third-order valence-electron chi connectivity index (χ3n) is 6.96. The molecule has 23 heavy (non-hydrogen) atoms. The molecule has 4 aliphatic rings. The van der Waals surface area contributed by atoms with Crippen LogP contribution in [0.4, 0.5) is 0 Å². The van der Waals surface area contributed by atoms with Crippen LogP contribution in [0.1, 0.15) is 38.5 Å². The molecule has 5 heteroatoms. The average Bonchev–Trinajstić information content (AvgIpc) is 3.25. The summed E-state index contributed by atoms with van der Waals surface area (Å²) in [5, 5.41) is 3.33. The fourth-order valence-corrected chi connectivity index (χ4v) is 5.54. The highest BCUT2D eigenvalue weighted by molar-refractivity contribution is 5.85. The number of rotatable bonds is 3. The first-order valence-corrected chi connectivity index (χ1v) is 9.51. The maximum absolute atomic E-state index is 13.0. The number of carbonyl (C=O) groups excluding carboxylic acids is 1. The van der Waals surface area contributed by atoms with Crippen molar-refractivity contribution in [1.82, 2.24) is 15.1 Å². The molecule has 0 aromatic rings. The first-order valence-electron chi connectivity index (χ1n) is 9.51. The van der Waals surface area contributed by atoms with Crippen LogP contribution in [-0.4, -0.2) is 73.7 Å². The Morgan fingerprint density at radius 3 is 2.39 bits per heavy atom. The first kappa shape index (κ1) is 15.9. The molecule has 5 nitrogen and oxygen atoms in total. The van der Waals surface area contributed by atoms with Crippen molar-refractivity contribution < 1.29 is 9.53 Å². The summed E-state index contributed by atoms with van der Waals surface area (Å²) in [7, 11) is 1.70. The number of fused-ring (bicyclic) bond motifs is 2. The van der Waals surface area contributed by atoms with Crippen LogP contribution >= 0.6 is 0 Å². The van der Waals surface area contributed by atoms with Gasteiger partial charge in [0.1, 0.15) is 5.60 Å². The molecule has 2 saturated carbocycles. The summed E-state index contributed by atoms with van der Waals surface area (Å²) in [5.41, 5.74) is -0.570. The molecule has 2 aliphatic heterocycles. The van der Waals surface area contributed by atoms with Gasteiger partial charge in [0.05, 0.1) is 0 Å². The predicted molar refractivity (Wildman–Crippen MR) is 89.2 cm³/mol. The minimum absolute atomic E-state index is 0.231. The first-order chi connectivity index (χ1) is 11.2. The van der Waals surface area contributed by atoms with Crippen molar-refractivity contribution in [3.8, 4) is 0 Å². The van der Waals surface area contributed by atoms with Gasteiger partial charge in [0.15, 0.2) is 0 Å². The third-order valence-corrected chi connectivity index (χ3v) is 6.96. The van der Waals surface area contributed by atoms with Crippen LogP contribution in [-0.2, 0) is 9.53 Å². The van der Waals surface area contributed by atoms with E-state index in [4.69, 9.17) is 4.74 Å². The number of piperazine rings is 1. The lowest BCUT2D eigenvalue weighted by Gasteiger charge is -2.44. The van der Waals surface area contributed by atoms with E-state index in [1.807, 2.05) is 0 Å². The standard InChI is InChI=1S/C18H31N3O2/c1-23-18(4-6-19-7-5-18)17(22)21-10-8-20(9-11-21)16-13-14-2-3-15(16)12-14/h14-16,19H,2-13H2,1H3. The van der Waals surface area contributed by atoms with E-state index in [9.17, 15) is 4.79 Å². The Bertz CT molecular complexity index is 442. The van der Waals surface area contributed by atoms with Crippen molar-refractivity contribution in [3.05, 3.63) is 0 Å². The number of ether oxygens (including phenoxy) is 1. The number of carbonyl (C=O) groups is 1. The van der Waals surface area contributed by atoms with Crippen LogP contribution < -0.4 is 5.32 Å². The van der Waals surface area contributed by atoms with Crippen molar-refractivity contribution in [2.24, 2.45) is 11.8 Å². The molecular formula is C18H31N3O2. The number of nitrogens with zero attached hydrogens (tertiary/aromatic N) is 2. The van der Waals surface area contributed by atoms with Crippen molar-refractivity contribution in [2.45, 2.75) is 50.2 Å². The van der Waals surface area contributed by atoms with E-state index in [0.29, 0.717) is 0 Å². The predicted octanol–water partition coefficient (Wildman–Crippen LogP) is 1.09. The molecule has 130 valence electrons. The van der Waals surface area contributed by atoms with Gasteiger partial charge in [-0.3, -0.25) is 9.69 Å². The maximum atomic E-state index is 13.0. The van der Waals surface area contributed by atoms with Gasteiger partial charge in [0.2, 0.25) is 0 Å². The summed E-state index contributed by atoms with van der Waals surface area (Å²) in [6.07, 6.45) is 7.37. The summed E-state index contributed by atoms with van der Waals surface area (Å²) in [6.45, 7) is 5.63. The Balaban J connectivity index is 1.34. The van der Waals surface area contributed by atoms with E-state index < -0.39 is 5.60 Å². The second-order valence-electron chi connectivity index (χ2n) is 8.02. The van der Waals surface area contributed by atoms with Crippen LogP contribution in [0, 0.1) is 11.8 Å². The molecule has 1 amide bonds. The molecule has 2 bridgehead atoms. The SMILES string of the molecule is COC1(C(=O)N2CCN(C3CC4CCC3C4)CC2)CCNCC1. The van der Waals surface area contributed by atoms with Crippen molar-refractivity contribution in [2.75, 3.05) is 46.4 Å². The van der Waals surface area contributed by atoms with Crippen LogP contribution in [0.3, 0.4) is 0 Å². The van der Waals surface area contributed by atoms with Crippen LogP contribution in [0.25, 0.3) is 0 Å². The minimum atomic E-state index is -0.570. The summed E-state index contributed by atoms with van der Waals surface area (Å²) in [4.78, 5) is 17.8. The smallest absolute Gasteiger partial charge is 0.254 e. The second-order valence-corrected chi connectivity index (χ2v) is 8.02. The Labute approximate surface area is 139 Å². The average molecular weight is 321 g/mol. The van der Waals surface area contributed by atoms with E-state index in [1.165, 1.54) is 25.7 Å². The van der Waals surface area contributed by atoms with Crippen molar-refractivity contribution in [1.29, 1.82) is 0 Å². The van der Waals surface area contributed by atoms with E-state index >= 15 is 0 Å². The van der Waals surface area contributed by atoms with Gasteiger partial charge >= 0.3 is 0 Å². The molecule has 1 N–H and O–H groups in total. The van der Waals surface area contributed by atoms with Gasteiger partial charge in [0.25, 0.3) is 5.91 Å². The summed E-state index contributed by atoms with van der Waals surface area (Å²) >= 11 is 0. The summed E-state index contributed by atoms with van der Waals surface area (Å²) < 4.78 is 5.72. The highest BCUT2D eigenvalue weighted by Crippen LogP contribution is 2.46. The molecule has 2 saturated heterocycles. The van der Waals surface area contributed by atoms with Gasteiger partial charge in [0, 0.05) is 39.3 Å². The lowest BCUT2D eigenvalue weighted by atomic mass is 9.90. The van der Waals surface area contributed by atoms with Gasteiger partial charge in [-0.15, -0.1) is 0 Å². The molecular weight excluding hydrogens is 290 g/mol. The van der Waals surface area contributed by atoms with Gasteiger partial charge in [-0.05, 0) is 57.0 Å². The Hall–Kier alpha value is -0.650. The normalized spacial score (nSPS) is 37.3. The summed E-state index contributed by atoms with van der Waals surface area (Å²) in [5.74, 6) is 2.17. The fourth-order valence-electron chi connectivity index (χ4n) is 5.54. The van der Waals surface area contributed by atoms with Crippen molar-refractivity contribution >= 4 is 5.91 Å². The van der Waals surface area contributed by atoms with Crippen molar-refractivity contribution in [3.63, 3.8) is 0 Å². The number of piperidine rings is 1. The minimum Gasteiger partial charge on any atom is -0.368 e. The lowest BCUT2D eigenvalue weighted by Crippen LogP contribution is -2.60. The zero-order valence-corrected chi connectivity index (χ0v) is 14.4. The number of nitrogens with one attached hydrogen (secondary N) is 1. The molecule has 4 rings (SSSR count). The molecule has 0 aromatic carbocycles. The molecule has 4 fully saturated rings. The lowest BCUT2D eigenvalue weighted by molar-refractivity contribution is -0.160. The Morgan fingerprint density at radius 1 is 1.09 bits per heavy atom. The molecule has 2 aliphatic carbocycles. The highest BCUT2D eigenvalue weighted by Gasteiger charge is 2.45. The zero-order valence-electron chi connectivity index (χ0n) is 14.4. The number of amides is 1. The zero-order chi connectivity index (χ0) is 15.9. The quantitative estimate of drug-likeness (QED) is 0.845. The Kier molecular flexibility index (Phi) is 4.37. The Morgan fingerprint density at radius 2 is 1.83 bits per heavy atom. The van der Waals surface area contributed by atoms with Gasteiger partial charge in [-0.1, -0.05) is 6.42 Å². The van der Waals surface area contributed by atoms with Gasteiger partial charge in [-0.25, -0.2) is 0 Å². The second kappa shape index (κ2) is 6.34. The highest BCUT2D eigenvalue weighted by atomic mass is 16.5. The van der Waals surface area contributed by atoms with Gasteiger partial charge in [-0.2, -0.15) is 0 Å². The van der Waals surface area contributed by atoms with Crippen LogP contribution in [0.5, 0.6) is 0 Å². The third kappa shape index (κ3) is 2.81. The topological polar surface area (TPSA) is 44.8 Å².